The van der Waals surface area contributed by atoms with Crippen molar-refractivity contribution in [1.29, 1.82) is 0 Å². The second-order valence-corrected chi connectivity index (χ2v) is 7.50. The van der Waals surface area contributed by atoms with Crippen molar-refractivity contribution in [3.8, 4) is 5.82 Å². The van der Waals surface area contributed by atoms with Gasteiger partial charge in [-0.05, 0) is 25.0 Å². The van der Waals surface area contributed by atoms with Gasteiger partial charge < -0.3 is 0 Å². The molecule has 2 aromatic rings. The third-order valence-corrected chi connectivity index (χ3v) is 5.02. The maximum absolute atomic E-state index is 13.0. The molecule has 3 rings (SSSR count). The topological polar surface area (TPSA) is 104 Å². The van der Waals surface area contributed by atoms with Gasteiger partial charge >= 0.3 is 6.18 Å². The Morgan fingerprint density at radius 1 is 1.16 bits per heavy atom. The minimum atomic E-state index is -4.67. The molecule has 0 radical (unpaired) electrons. The second kappa shape index (κ2) is 6.37. The van der Waals surface area contributed by atoms with Gasteiger partial charge in [0.2, 0.25) is 10.0 Å². The van der Waals surface area contributed by atoms with Crippen LogP contribution in [0.3, 0.4) is 0 Å². The van der Waals surface area contributed by atoms with E-state index in [-0.39, 0.29) is 22.5 Å². The number of primary sulfonamides is 1. The highest BCUT2D eigenvalue weighted by atomic mass is 32.2. The standard InChI is InChI=1S/C14H16F3N5O2S/c15-14(16,17)13-20-12(9-4-2-1-3-5-9)22(21-13)11-7-6-10(8-19-11)25(18,23)24/h6-9H,1-5H2,(H2,18,23,24). The molecule has 25 heavy (non-hydrogen) atoms. The van der Waals surface area contributed by atoms with Crippen LogP contribution in [0.5, 0.6) is 0 Å². The van der Waals surface area contributed by atoms with Crippen molar-refractivity contribution in [1.82, 2.24) is 19.7 Å². The molecule has 2 heterocycles. The van der Waals surface area contributed by atoms with Crippen molar-refractivity contribution in [3.05, 3.63) is 30.0 Å². The molecule has 2 N–H and O–H groups in total. The van der Waals surface area contributed by atoms with Crippen molar-refractivity contribution in [2.45, 2.75) is 49.1 Å². The normalized spacial score (nSPS) is 17.0. The van der Waals surface area contributed by atoms with Crippen LogP contribution in [0.4, 0.5) is 13.2 Å². The molecule has 1 saturated carbocycles. The minimum Gasteiger partial charge on any atom is -0.236 e. The first kappa shape index (κ1) is 17.8. The van der Waals surface area contributed by atoms with Gasteiger partial charge in [-0.15, -0.1) is 5.10 Å². The number of halogens is 3. The average molecular weight is 375 g/mol. The highest BCUT2D eigenvalue weighted by Crippen LogP contribution is 2.35. The van der Waals surface area contributed by atoms with E-state index in [4.69, 9.17) is 5.14 Å². The molecule has 0 aliphatic heterocycles. The van der Waals surface area contributed by atoms with Crippen LogP contribution in [-0.4, -0.2) is 28.2 Å². The van der Waals surface area contributed by atoms with Crippen LogP contribution >= 0.6 is 0 Å². The highest BCUT2D eigenvalue weighted by molar-refractivity contribution is 7.89. The van der Waals surface area contributed by atoms with Gasteiger partial charge in [0, 0.05) is 12.1 Å². The van der Waals surface area contributed by atoms with Crippen LogP contribution in [0, 0.1) is 0 Å². The molecule has 0 bridgehead atoms. The lowest BCUT2D eigenvalue weighted by atomic mass is 9.88. The van der Waals surface area contributed by atoms with E-state index in [1.807, 2.05) is 0 Å². The van der Waals surface area contributed by atoms with E-state index < -0.39 is 22.0 Å². The van der Waals surface area contributed by atoms with E-state index in [0.717, 1.165) is 43.0 Å². The van der Waals surface area contributed by atoms with Crippen LogP contribution in [0.1, 0.15) is 49.7 Å². The van der Waals surface area contributed by atoms with Crippen molar-refractivity contribution < 1.29 is 21.6 Å². The largest absolute Gasteiger partial charge is 0.453 e. The summed E-state index contributed by atoms with van der Waals surface area (Å²) in [6.07, 6.45) is 0.640. The van der Waals surface area contributed by atoms with Crippen LogP contribution in [0.15, 0.2) is 23.2 Å². The predicted octanol–water partition coefficient (Wildman–Crippen LogP) is 2.38. The van der Waals surface area contributed by atoms with E-state index in [2.05, 4.69) is 15.1 Å². The molecule has 0 spiro atoms. The zero-order valence-corrected chi connectivity index (χ0v) is 13.9. The Balaban J connectivity index is 2.05. The lowest BCUT2D eigenvalue weighted by Crippen LogP contribution is -2.15. The number of pyridine rings is 1. The Morgan fingerprint density at radius 2 is 1.84 bits per heavy atom. The summed E-state index contributed by atoms with van der Waals surface area (Å²) in [6, 6.07) is 2.44. The molecule has 0 atom stereocenters. The smallest absolute Gasteiger partial charge is 0.236 e. The second-order valence-electron chi connectivity index (χ2n) is 5.94. The molecule has 136 valence electrons. The van der Waals surface area contributed by atoms with Gasteiger partial charge in [-0.1, -0.05) is 19.3 Å². The minimum absolute atomic E-state index is 0.0657. The summed E-state index contributed by atoms with van der Waals surface area (Å²) < 4.78 is 62.7. The van der Waals surface area contributed by atoms with Gasteiger partial charge in [0.25, 0.3) is 5.82 Å². The van der Waals surface area contributed by atoms with Crippen molar-refractivity contribution in [2.75, 3.05) is 0 Å². The van der Waals surface area contributed by atoms with E-state index >= 15 is 0 Å². The Morgan fingerprint density at radius 3 is 2.36 bits per heavy atom. The molecule has 1 aliphatic rings. The molecule has 7 nitrogen and oxygen atoms in total. The summed E-state index contributed by atoms with van der Waals surface area (Å²) in [5, 5.41) is 8.56. The van der Waals surface area contributed by atoms with Crippen molar-refractivity contribution in [2.24, 2.45) is 5.14 Å². The molecule has 0 aromatic carbocycles. The predicted molar refractivity (Wildman–Crippen MR) is 81.4 cm³/mol. The lowest BCUT2D eigenvalue weighted by Gasteiger charge is -2.20. The molecule has 1 aliphatic carbocycles. The fourth-order valence-corrected chi connectivity index (χ4v) is 3.36. The maximum atomic E-state index is 13.0. The monoisotopic (exact) mass is 375 g/mol. The molecule has 11 heteroatoms. The third kappa shape index (κ3) is 3.82. The van der Waals surface area contributed by atoms with Gasteiger partial charge in [-0.25, -0.2) is 23.5 Å². The van der Waals surface area contributed by atoms with Gasteiger partial charge in [0.1, 0.15) is 10.7 Å². The van der Waals surface area contributed by atoms with Gasteiger partial charge in [-0.3, -0.25) is 0 Å². The number of rotatable bonds is 3. The van der Waals surface area contributed by atoms with E-state index in [0.29, 0.717) is 0 Å². The van der Waals surface area contributed by atoms with Gasteiger partial charge in [0.05, 0.1) is 0 Å². The zero-order chi connectivity index (χ0) is 18.2. The Kier molecular flexibility index (Phi) is 4.54. The Bertz CT molecular complexity index is 856. The fraction of sp³-hybridized carbons (Fsp3) is 0.500. The summed E-state index contributed by atoms with van der Waals surface area (Å²) >= 11 is 0. The fourth-order valence-electron chi connectivity index (χ4n) is 2.90. The van der Waals surface area contributed by atoms with Crippen LogP contribution in [0.25, 0.3) is 5.82 Å². The van der Waals surface area contributed by atoms with E-state index in [1.54, 1.807) is 0 Å². The first-order valence-corrected chi connectivity index (χ1v) is 9.24. The highest BCUT2D eigenvalue weighted by Gasteiger charge is 2.38. The summed E-state index contributed by atoms with van der Waals surface area (Å²) in [4.78, 5) is 7.37. The number of nitrogens with two attached hydrogens (primary N) is 1. The quantitative estimate of drug-likeness (QED) is 0.887. The van der Waals surface area contributed by atoms with Crippen LogP contribution in [-0.2, 0) is 16.2 Å². The summed E-state index contributed by atoms with van der Waals surface area (Å²) in [5.41, 5.74) is 0. The molecule has 2 aromatic heterocycles. The molecule has 1 fully saturated rings. The lowest BCUT2D eigenvalue weighted by molar-refractivity contribution is -0.144. The molecular formula is C14H16F3N5O2S. The van der Waals surface area contributed by atoms with E-state index in [9.17, 15) is 21.6 Å². The van der Waals surface area contributed by atoms with Crippen molar-refractivity contribution in [3.63, 3.8) is 0 Å². The third-order valence-electron chi connectivity index (χ3n) is 4.12. The number of hydrogen-bond acceptors (Lipinski definition) is 5. The summed E-state index contributed by atoms with van der Waals surface area (Å²) in [5.74, 6) is -1.11. The zero-order valence-electron chi connectivity index (χ0n) is 13.1. The maximum Gasteiger partial charge on any atom is 0.453 e. The first-order chi connectivity index (χ1) is 11.7. The average Bonchev–Trinajstić information content (AvgIpc) is 3.00. The first-order valence-electron chi connectivity index (χ1n) is 7.69. The summed E-state index contributed by atoms with van der Waals surface area (Å²) in [6.45, 7) is 0. The number of hydrogen-bond donors (Lipinski definition) is 1. The van der Waals surface area contributed by atoms with Crippen LogP contribution < -0.4 is 5.14 Å². The van der Waals surface area contributed by atoms with Gasteiger partial charge in [-0.2, -0.15) is 17.9 Å². The van der Waals surface area contributed by atoms with Crippen LogP contribution in [0.2, 0.25) is 0 Å². The number of nitrogens with zero attached hydrogens (tertiary/aromatic N) is 4. The number of alkyl halides is 3. The summed E-state index contributed by atoms with van der Waals surface area (Å²) in [7, 11) is -3.94. The van der Waals surface area contributed by atoms with Gasteiger partial charge in [0.15, 0.2) is 5.82 Å². The molecule has 0 saturated heterocycles. The Labute approximate surface area is 142 Å². The van der Waals surface area contributed by atoms with Crippen molar-refractivity contribution >= 4 is 10.0 Å². The molecule has 0 unspecified atom stereocenters. The SMILES string of the molecule is NS(=O)(=O)c1ccc(-n2nc(C(F)(F)F)nc2C2CCCCC2)nc1. The molecule has 0 amide bonds. The number of sulfonamides is 1. The molecular weight excluding hydrogens is 359 g/mol. The Hall–Kier alpha value is -2.01. The number of aromatic nitrogens is 4. The van der Waals surface area contributed by atoms with E-state index in [1.165, 1.54) is 12.1 Å².